The summed E-state index contributed by atoms with van der Waals surface area (Å²) in [5.41, 5.74) is 4.39. The maximum absolute atomic E-state index is 15.3. The number of carbonyl (C=O) groups excluding carboxylic acids is 1. The molecule has 0 fully saturated rings. The Morgan fingerprint density at radius 1 is 1.07 bits per heavy atom. The van der Waals surface area contributed by atoms with Crippen LogP contribution in [0.2, 0.25) is 0 Å². The fraction of sp³-hybridized carbons (Fsp3) is 0.310. The van der Waals surface area contributed by atoms with Crippen molar-refractivity contribution in [3.8, 4) is 22.7 Å². The molecule has 1 aliphatic rings. The lowest BCUT2D eigenvalue weighted by Gasteiger charge is -2.25. The Balaban J connectivity index is 1.53. The topological polar surface area (TPSA) is 132 Å². The number of pyridine rings is 1. The van der Waals surface area contributed by atoms with Crippen molar-refractivity contribution in [2.24, 2.45) is 5.73 Å². The number of benzene rings is 2. The highest BCUT2D eigenvalue weighted by Gasteiger charge is 2.45. The number of nitrogens with zero attached hydrogens (tertiary/aromatic N) is 4. The molecule has 1 unspecified atom stereocenters. The van der Waals surface area contributed by atoms with Gasteiger partial charge >= 0.3 is 6.18 Å². The first kappa shape index (κ1) is 32.1. The van der Waals surface area contributed by atoms with Gasteiger partial charge in [0.2, 0.25) is 11.8 Å². The second-order valence-electron chi connectivity index (χ2n) is 11.1. The van der Waals surface area contributed by atoms with Gasteiger partial charge in [0.25, 0.3) is 11.8 Å². The highest BCUT2D eigenvalue weighted by atomic mass is 32.2. The summed E-state index contributed by atoms with van der Waals surface area (Å²) in [4.78, 5) is 18.1. The standard InChI is InChI=1S/C29H25F6N5O4S/c1-27(2,45(3,42)43)26-39-38-24(44-26)18-10-23-19(11-20(18)30)28(31,32)12-21(36)25(41)40(23)14-15-4-6-16(7-5-15)22-9-8-17(13-37-22)29(33,34)35/h4-11,13,21H,12,14,36H2,1-3H3. The molecule has 45 heavy (non-hydrogen) atoms. The van der Waals surface area contributed by atoms with Gasteiger partial charge < -0.3 is 15.1 Å². The first-order valence-electron chi connectivity index (χ1n) is 13.2. The van der Waals surface area contributed by atoms with E-state index in [1.165, 1.54) is 44.2 Å². The zero-order chi connectivity index (χ0) is 33.1. The largest absolute Gasteiger partial charge is 0.419 e. The van der Waals surface area contributed by atoms with E-state index in [2.05, 4.69) is 15.2 Å². The third-order valence-electron chi connectivity index (χ3n) is 7.61. The molecule has 4 aromatic rings. The molecule has 0 saturated heterocycles. The zero-order valence-electron chi connectivity index (χ0n) is 23.9. The van der Waals surface area contributed by atoms with E-state index in [9.17, 15) is 26.4 Å². The van der Waals surface area contributed by atoms with Gasteiger partial charge in [-0.1, -0.05) is 24.3 Å². The van der Waals surface area contributed by atoms with Crippen molar-refractivity contribution in [3.05, 3.63) is 83.1 Å². The second-order valence-corrected chi connectivity index (χ2v) is 13.7. The summed E-state index contributed by atoms with van der Waals surface area (Å²) >= 11 is 0. The number of fused-ring (bicyclic) bond motifs is 1. The highest BCUT2D eigenvalue weighted by molar-refractivity contribution is 7.91. The van der Waals surface area contributed by atoms with Crippen molar-refractivity contribution in [2.75, 3.05) is 11.2 Å². The molecule has 9 nitrogen and oxygen atoms in total. The number of anilines is 1. The Bertz CT molecular complexity index is 1870. The molecule has 0 spiro atoms. The maximum Gasteiger partial charge on any atom is 0.417 e. The number of hydrogen-bond acceptors (Lipinski definition) is 8. The van der Waals surface area contributed by atoms with Crippen LogP contribution in [0.3, 0.4) is 0 Å². The monoisotopic (exact) mass is 653 g/mol. The lowest BCUT2D eigenvalue weighted by molar-refractivity contribution is -0.137. The third kappa shape index (κ3) is 6.03. The normalized spacial score (nSPS) is 17.2. The van der Waals surface area contributed by atoms with E-state index in [1.807, 2.05) is 0 Å². The summed E-state index contributed by atoms with van der Waals surface area (Å²) in [5, 5.41) is 7.45. The summed E-state index contributed by atoms with van der Waals surface area (Å²) in [5.74, 6) is -6.65. The molecule has 0 aliphatic carbocycles. The van der Waals surface area contributed by atoms with Crippen molar-refractivity contribution < 1.29 is 44.0 Å². The van der Waals surface area contributed by atoms with Crippen molar-refractivity contribution in [2.45, 2.75) is 49.7 Å². The van der Waals surface area contributed by atoms with Crippen LogP contribution in [-0.2, 0) is 38.0 Å². The first-order valence-corrected chi connectivity index (χ1v) is 15.1. The van der Waals surface area contributed by atoms with Crippen LogP contribution in [0, 0.1) is 5.82 Å². The molecule has 2 aromatic heterocycles. The number of rotatable bonds is 6. The van der Waals surface area contributed by atoms with Gasteiger partial charge in [0.1, 0.15) is 10.6 Å². The van der Waals surface area contributed by atoms with Crippen molar-refractivity contribution >= 4 is 21.4 Å². The SMILES string of the molecule is CC(C)(c1nnc(-c2cc3c(cc2F)C(F)(F)CC(N)C(=O)N3Cc2ccc(-c3ccc(C(F)(F)F)cn3)cc2)o1)S(C)(=O)=O. The molecule has 5 rings (SSSR count). The Kier molecular flexibility index (Phi) is 7.80. The van der Waals surface area contributed by atoms with E-state index in [4.69, 9.17) is 10.2 Å². The van der Waals surface area contributed by atoms with Crippen LogP contribution in [0.1, 0.15) is 42.8 Å². The van der Waals surface area contributed by atoms with Crippen LogP contribution in [0.25, 0.3) is 22.7 Å². The smallest absolute Gasteiger partial charge is 0.417 e. The lowest BCUT2D eigenvalue weighted by atomic mass is 9.99. The minimum atomic E-state index is -4.55. The van der Waals surface area contributed by atoms with Crippen LogP contribution in [-0.4, -0.2) is 41.8 Å². The van der Waals surface area contributed by atoms with Crippen LogP contribution in [0.15, 0.2) is 59.1 Å². The highest BCUT2D eigenvalue weighted by Crippen LogP contribution is 2.45. The van der Waals surface area contributed by atoms with Crippen LogP contribution in [0.4, 0.5) is 32.0 Å². The molecule has 1 aliphatic heterocycles. The Morgan fingerprint density at radius 2 is 1.73 bits per heavy atom. The molecule has 0 bridgehead atoms. The van der Waals surface area contributed by atoms with Crippen LogP contribution < -0.4 is 10.6 Å². The Hall–Kier alpha value is -4.31. The van der Waals surface area contributed by atoms with Gasteiger partial charge in [-0.2, -0.15) is 13.2 Å². The molecule has 1 atom stereocenters. The van der Waals surface area contributed by atoms with Gasteiger partial charge in [0, 0.05) is 30.0 Å². The number of sulfone groups is 1. The average molecular weight is 654 g/mol. The number of alkyl halides is 5. The predicted octanol–water partition coefficient (Wildman–Crippen LogP) is 5.59. The number of nitrogens with two attached hydrogens (primary N) is 1. The fourth-order valence-electron chi connectivity index (χ4n) is 4.63. The molecule has 1 amide bonds. The van der Waals surface area contributed by atoms with Gasteiger partial charge in [0.05, 0.1) is 35.1 Å². The Labute approximate surface area is 253 Å². The van der Waals surface area contributed by atoms with E-state index in [-0.39, 0.29) is 23.8 Å². The predicted molar refractivity (Wildman–Crippen MR) is 150 cm³/mol. The summed E-state index contributed by atoms with van der Waals surface area (Å²) in [6.45, 7) is 2.31. The summed E-state index contributed by atoms with van der Waals surface area (Å²) in [6, 6.07) is 8.04. The van der Waals surface area contributed by atoms with E-state index in [0.29, 0.717) is 23.4 Å². The number of hydrogen-bond donors (Lipinski definition) is 1. The summed E-state index contributed by atoms with van der Waals surface area (Å²) in [6.07, 6.45) is -4.01. The lowest BCUT2D eigenvalue weighted by Crippen LogP contribution is -2.43. The van der Waals surface area contributed by atoms with Crippen LogP contribution >= 0.6 is 0 Å². The van der Waals surface area contributed by atoms with E-state index in [0.717, 1.165) is 23.3 Å². The van der Waals surface area contributed by atoms with E-state index < -0.39 is 73.5 Å². The van der Waals surface area contributed by atoms with Crippen molar-refractivity contribution in [1.29, 1.82) is 0 Å². The maximum atomic E-state index is 15.3. The van der Waals surface area contributed by atoms with Crippen LogP contribution in [0.5, 0.6) is 0 Å². The summed E-state index contributed by atoms with van der Waals surface area (Å²) in [7, 11) is -3.76. The molecular weight excluding hydrogens is 628 g/mol. The Morgan fingerprint density at radius 3 is 2.31 bits per heavy atom. The van der Waals surface area contributed by atoms with Gasteiger partial charge in [-0.3, -0.25) is 9.78 Å². The molecule has 3 heterocycles. The molecule has 2 N–H and O–H groups in total. The van der Waals surface area contributed by atoms with Crippen molar-refractivity contribution in [1.82, 2.24) is 15.2 Å². The van der Waals surface area contributed by atoms with Gasteiger partial charge in [-0.15, -0.1) is 10.2 Å². The molecule has 0 saturated carbocycles. The van der Waals surface area contributed by atoms with Crippen molar-refractivity contribution in [3.63, 3.8) is 0 Å². The van der Waals surface area contributed by atoms with Gasteiger partial charge in [-0.25, -0.2) is 21.6 Å². The number of aromatic nitrogens is 3. The molecule has 16 heteroatoms. The number of carbonyl (C=O) groups is 1. The van der Waals surface area contributed by atoms with E-state index >= 15 is 13.2 Å². The van der Waals surface area contributed by atoms with Gasteiger partial charge in [-0.05, 0) is 43.7 Å². The zero-order valence-corrected chi connectivity index (χ0v) is 24.7. The minimum absolute atomic E-state index is 0.241. The van der Waals surface area contributed by atoms with Gasteiger partial charge in [0.15, 0.2) is 9.84 Å². The molecule has 238 valence electrons. The average Bonchev–Trinajstić information content (AvgIpc) is 3.43. The fourth-order valence-corrected chi connectivity index (χ4v) is 5.03. The quantitative estimate of drug-likeness (QED) is 0.267. The minimum Gasteiger partial charge on any atom is -0.419 e. The molecular formula is C29H25F6N5O4S. The first-order chi connectivity index (χ1) is 20.8. The summed E-state index contributed by atoms with van der Waals surface area (Å²) < 4.78 is 113. The molecule has 2 aromatic carbocycles. The molecule has 0 radical (unpaired) electrons. The second kappa shape index (κ2) is 10.9. The van der Waals surface area contributed by atoms with E-state index in [1.54, 1.807) is 0 Å². The number of amides is 1. The number of halogens is 6. The third-order valence-corrected chi connectivity index (χ3v) is 9.64.